The molecule has 3 aromatic carbocycles. The summed E-state index contributed by atoms with van der Waals surface area (Å²) in [5, 5.41) is 0. The maximum absolute atomic E-state index is 12.5. The zero-order valence-electron chi connectivity index (χ0n) is 19.2. The molecule has 0 aromatic heterocycles. The molecule has 0 saturated carbocycles. The minimum absolute atomic E-state index is 0.116. The Bertz CT molecular complexity index is 1140. The summed E-state index contributed by atoms with van der Waals surface area (Å²) >= 11 is 0. The molecule has 2 aliphatic rings. The van der Waals surface area contributed by atoms with E-state index < -0.39 is 0 Å². The lowest BCUT2D eigenvalue weighted by atomic mass is 9.89. The molecule has 2 aliphatic heterocycles. The summed E-state index contributed by atoms with van der Waals surface area (Å²) in [5.74, 6) is 1.21. The van der Waals surface area contributed by atoms with Crippen molar-refractivity contribution in [3.05, 3.63) is 94.5 Å². The lowest BCUT2D eigenvalue weighted by molar-refractivity contribution is -0.125. The van der Waals surface area contributed by atoms with Crippen molar-refractivity contribution in [2.75, 3.05) is 6.61 Å². The zero-order chi connectivity index (χ0) is 22.9. The van der Waals surface area contributed by atoms with E-state index in [4.69, 9.17) is 15.2 Å². The van der Waals surface area contributed by atoms with E-state index >= 15 is 0 Å². The van der Waals surface area contributed by atoms with Gasteiger partial charge in [0.25, 0.3) is 0 Å². The van der Waals surface area contributed by atoms with Crippen molar-refractivity contribution in [1.29, 1.82) is 0 Å². The number of benzene rings is 3. The fourth-order valence-corrected chi connectivity index (χ4v) is 5.05. The van der Waals surface area contributed by atoms with E-state index in [9.17, 15) is 4.79 Å². The quantitative estimate of drug-likeness (QED) is 0.612. The van der Waals surface area contributed by atoms with Gasteiger partial charge >= 0.3 is 0 Å². The number of fused-ring (bicyclic) bond motifs is 2. The van der Waals surface area contributed by atoms with Crippen LogP contribution in [0, 0.1) is 6.92 Å². The smallest absolute Gasteiger partial charge is 0.235 e. The van der Waals surface area contributed by atoms with Gasteiger partial charge < -0.3 is 15.2 Å². The topological polar surface area (TPSA) is 64.8 Å². The second-order valence-corrected chi connectivity index (χ2v) is 9.03. The lowest BCUT2D eigenvalue weighted by Gasteiger charge is -2.41. The van der Waals surface area contributed by atoms with Crippen LogP contribution in [-0.2, 0) is 17.8 Å². The molecule has 5 rings (SSSR count). The minimum atomic E-state index is -0.356. The first-order valence-electron chi connectivity index (χ1n) is 11.6. The Morgan fingerprint density at radius 3 is 2.48 bits per heavy atom. The molecule has 33 heavy (non-hydrogen) atoms. The van der Waals surface area contributed by atoms with Crippen LogP contribution in [0.4, 0.5) is 0 Å². The number of nitrogens with zero attached hydrogens (tertiary/aromatic N) is 1. The Labute approximate surface area is 195 Å². The molecule has 1 amide bonds. The fraction of sp³-hybridized carbons (Fsp3) is 0.321. The maximum atomic E-state index is 12.5. The highest BCUT2D eigenvalue weighted by Crippen LogP contribution is 2.42. The highest BCUT2D eigenvalue weighted by molar-refractivity contribution is 5.81. The number of hydrogen-bond donors (Lipinski definition) is 1. The van der Waals surface area contributed by atoms with Crippen molar-refractivity contribution in [2.24, 2.45) is 5.73 Å². The largest absolute Gasteiger partial charge is 0.485 e. The van der Waals surface area contributed by atoms with Crippen LogP contribution in [-0.4, -0.2) is 23.5 Å². The first-order valence-corrected chi connectivity index (χ1v) is 11.6. The van der Waals surface area contributed by atoms with Gasteiger partial charge in [-0.2, -0.15) is 0 Å². The van der Waals surface area contributed by atoms with Crippen molar-refractivity contribution < 1.29 is 14.3 Å². The number of rotatable bonds is 5. The summed E-state index contributed by atoms with van der Waals surface area (Å²) < 4.78 is 12.5. The molecule has 0 radical (unpaired) electrons. The van der Waals surface area contributed by atoms with Crippen LogP contribution in [0.1, 0.15) is 53.3 Å². The number of amides is 1. The van der Waals surface area contributed by atoms with Crippen LogP contribution < -0.4 is 15.2 Å². The van der Waals surface area contributed by atoms with E-state index in [1.165, 1.54) is 11.1 Å². The van der Waals surface area contributed by atoms with Gasteiger partial charge in [0.15, 0.2) is 17.6 Å². The SMILES string of the molecule is CCC(c1ccccc1)N1Cc2cc3c(cc2CC1C(N)=O)OCC(c1ccc(C)cc1)O3. The molecule has 0 spiro atoms. The van der Waals surface area contributed by atoms with Gasteiger partial charge in [-0.1, -0.05) is 67.1 Å². The van der Waals surface area contributed by atoms with Crippen molar-refractivity contribution in [3.8, 4) is 11.5 Å². The van der Waals surface area contributed by atoms with Crippen molar-refractivity contribution in [1.82, 2.24) is 4.90 Å². The first-order chi connectivity index (χ1) is 16.0. The standard InChI is InChI=1S/C28H30N2O3/c1-3-23(19-7-5-4-6-8-19)30-16-22-15-26-25(14-21(22)13-24(30)28(29)31)32-17-27(33-26)20-11-9-18(2)10-12-20/h4-12,14-15,23-24,27H,3,13,16-17H2,1-2H3,(H2,29,31). The van der Waals surface area contributed by atoms with Crippen LogP contribution in [0.3, 0.4) is 0 Å². The van der Waals surface area contributed by atoms with Crippen LogP contribution in [0.2, 0.25) is 0 Å². The van der Waals surface area contributed by atoms with Gasteiger partial charge in [-0.3, -0.25) is 9.69 Å². The van der Waals surface area contributed by atoms with Crippen LogP contribution in [0.15, 0.2) is 66.7 Å². The number of nitrogens with two attached hydrogens (primary N) is 1. The Hall–Kier alpha value is -3.31. The number of carbonyl (C=O) groups excluding carboxylic acids is 1. The lowest BCUT2D eigenvalue weighted by Crippen LogP contribution is -2.49. The number of carbonyl (C=O) groups is 1. The molecule has 2 N–H and O–H groups in total. The average Bonchev–Trinajstić information content (AvgIpc) is 2.83. The number of ether oxygens (including phenoxy) is 2. The van der Waals surface area contributed by atoms with Gasteiger partial charge in [-0.25, -0.2) is 0 Å². The predicted molar refractivity (Wildman–Crippen MR) is 128 cm³/mol. The number of primary amides is 1. The third kappa shape index (κ3) is 4.21. The molecule has 0 saturated heterocycles. The fourth-order valence-electron chi connectivity index (χ4n) is 5.05. The first kappa shape index (κ1) is 21.5. The molecule has 3 unspecified atom stereocenters. The Kier molecular flexibility index (Phi) is 5.81. The molecule has 5 heteroatoms. The summed E-state index contributed by atoms with van der Waals surface area (Å²) in [6, 6.07) is 22.6. The molecular weight excluding hydrogens is 412 g/mol. The Morgan fingerprint density at radius 1 is 1.06 bits per heavy atom. The van der Waals surface area contributed by atoms with Crippen LogP contribution in [0.5, 0.6) is 11.5 Å². The normalized spacial score (nSPS) is 20.7. The predicted octanol–water partition coefficient (Wildman–Crippen LogP) is 4.87. The number of aryl methyl sites for hydroxylation is 1. The molecule has 0 aliphatic carbocycles. The zero-order valence-corrected chi connectivity index (χ0v) is 19.2. The van der Waals surface area contributed by atoms with Gasteiger partial charge in [0.1, 0.15) is 6.61 Å². The molecule has 170 valence electrons. The summed E-state index contributed by atoms with van der Waals surface area (Å²) in [4.78, 5) is 14.7. The monoisotopic (exact) mass is 442 g/mol. The van der Waals surface area contributed by atoms with Crippen molar-refractivity contribution in [2.45, 2.75) is 51.4 Å². The summed E-state index contributed by atoms with van der Waals surface area (Å²) in [6.07, 6.45) is 1.33. The third-order valence-electron chi connectivity index (χ3n) is 6.84. The molecule has 3 aromatic rings. The van der Waals surface area contributed by atoms with Gasteiger partial charge in [-0.15, -0.1) is 0 Å². The highest BCUT2D eigenvalue weighted by Gasteiger charge is 2.36. The third-order valence-corrected chi connectivity index (χ3v) is 6.84. The van der Waals surface area contributed by atoms with E-state index in [0.717, 1.165) is 34.6 Å². The second-order valence-electron chi connectivity index (χ2n) is 9.03. The van der Waals surface area contributed by atoms with E-state index in [2.05, 4.69) is 61.2 Å². The van der Waals surface area contributed by atoms with E-state index in [1.807, 2.05) is 24.3 Å². The van der Waals surface area contributed by atoms with E-state index in [1.54, 1.807) is 0 Å². The minimum Gasteiger partial charge on any atom is -0.485 e. The van der Waals surface area contributed by atoms with Gasteiger partial charge in [0, 0.05) is 12.6 Å². The van der Waals surface area contributed by atoms with Crippen LogP contribution >= 0.6 is 0 Å². The highest BCUT2D eigenvalue weighted by atomic mass is 16.6. The molecule has 5 nitrogen and oxygen atoms in total. The molecule has 0 fully saturated rings. The van der Waals surface area contributed by atoms with E-state index in [-0.39, 0.29) is 24.1 Å². The molecule has 0 bridgehead atoms. The Morgan fingerprint density at radius 2 is 1.79 bits per heavy atom. The van der Waals surface area contributed by atoms with Crippen LogP contribution in [0.25, 0.3) is 0 Å². The Balaban J connectivity index is 1.46. The van der Waals surface area contributed by atoms with Gasteiger partial charge in [-0.05, 0) is 54.2 Å². The van der Waals surface area contributed by atoms with Crippen molar-refractivity contribution in [3.63, 3.8) is 0 Å². The number of hydrogen-bond acceptors (Lipinski definition) is 4. The molecule has 3 atom stereocenters. The average molecular weight is 443 g/mol. The second kappa shape index (κ2) is 8.91. The molecular formula is C28H30N2O3. The maximum Gasteiger partial charge on any atom is 0.235 e. The summed E-state index contributed by atoms with van der Waals surface area (Å²) in [6.45, 7) is 5.34. The summed E-state index contributed by atoms with van der Waals surface area (Å²) in [7, 11) is 0. The van der Waals surface area contributed by atoms with Gasteiger partial charge in [0.2, 0.25) is 5.91 Å². The van der Waals surface area contributed by atoms with Crippen molar-refractivity contribution >= 4 is 5.91 Å². The summed E-state index contributed by atoms with van der Waals surface area (Å²) in [5.41, 5.74) is 11.7. The van der Waals surface area contributed by atoms with E-state index in [0.29, 0.717) is 19.6 Å². The van der Waals surface area contributed by atoms with Gasteiger partial charge in [0.05, 0.1) is 6.04 Å². The molecule has 2 heterocycles.